The molecule has 0 spiro atoms. The number of nitrogens with zero attached hydrogens (tertiary/aromatic N) is 1. The minimum Gasteiger partial charge on any atom is -0.544 e. The standard InChI is InChI=1S/C21H41NO3/c1-5-9-12-13-15-19(23)18-22(16-10-6-2,17-11-7-3)20(14-8-4)21(24)25/h5,19-20,23H,1,6-18H2,2-4H3. The summed E-state index contributed by atoms with van der Waals surface area (Å²) in [5.41, 5.74) is 0. The molecule has 0 aromatic carbocycles. The predicted octanol–water partition coefficient (Wildman–Crippen LogP) is 3.43. The number of aliphatic carboxylic acids is 1. The van der Waals surface area contributed by atoms with E-state index in [4.69, 9.17) is 0 Å². The highest BCUT2D eigenvalue weighted by molar-refractivity contribution is 5.69. The van der Waals surface area contributed by atoms with Crippen molar-refractivity contribution in [2.45, 2.75) is 97.1 Å². The highest BCUT2D eigenvalue weighted by Crippen LogP contribution is 2.24. The Hall–Kier alpha value is -0.870. The van der Waals surface area contributed by atoms with Crippen LogP contribution < -0.4 is 5.11 Å². The number of hydrogen-bond acceptors (Lipinski definition) is 3. The number of hydrogen-bond donors (Lipinski definition) is 1. The smallest absolute Gasteiger partial charge is 0.129 e. The molecule has 0 saturated carbocycles. The molecule has 0 saturated heterocycles. The van der Waals surface area contributed by atoms with Gasteiger partial charge in [0.25, 0.3) is 0 Å². The summed E-state index contributed by atoms with van der Waals surface area (Å²) in [6, 6.07) is -0.508. The van der Waals surface area contributed by atoms with Gasteiger partial charge in [0, 0.05) is 6.42 Å². The first-order valence-corrected chi connectivity index (χ1v) is 10.3. The van der Waals surface area contributed by atoms with Crippen LogP contribution in [0, 0.1) is 0 Å². The molecule has 1 N–H and O–H groups in total. The third-order valence-corrected chi connectivity index (χ3v) is 5.18. The Morgan fingerprint density at radius 2 is 1.64 bits per heavy atom. The van der Waals surface area contributed by atoms with Gasteiger partial charge < -0.3 is 19.5 Å². The minimum atomic E-state index is -0.951. The van der Waals surface area contributed by atoms with Crippen molar-refractivity contribution < 1.29 is 19.5 Å². The van der Waals surface area contributed by atoms with Gasteiger partial charge in [-0.1, -0.05) is 52.5 Å². The fraction of sp³-hybridized carbons (Fsp3) is 0.857. The van der Waals surface area contributed by atoms with Crippen LogP contribution in [0.25, 0.3) is 0 Å². The summed E-state index contributed by atoms with van der Waals surface area (Å²) in [6.07, 6.45) is 10.6. The molecule has 0 aliphatic heterocycles. The van der Waals surface area contributed by atoms with Gasteiger partial charge in [0.05, 0.1) is 19.1 Å². The maximum atomic E-state index is 11.9. The number of carboxylic acids is 1. The second-order valence-corrected chi connectivity index (χ2v) is 7.41. The summed E-state index contributed by atoms with van der Waals surface area (Å²) in [6.45, 7) is 12.2. The van der Waals surface area contributed by atoms with E-state index in [1.807, 2.05) is 13.0 Å². The summed E-state index contributed by atoms with van der Waals surface area (Å²) in [4.78, 5) is 11.9. The minimum absolute atomic E-state index is 0.447. The number of unbranched alkanes of at least 4 members (excludes halogenated alkanes) is 4. The molecular formula is C21H41NO3. The van der Waals surface area contributed by atoms with Crippen LogP contribution in [0.3, 0.4) is 0 Å². The summed E-state index contributed by atoms with van der Waals surface area (Å²) in [5.74, 6) is -0.951. The second kappa shape index (κ2) is 14.3. The lowest BCUT2D eigenvalue weighted by atomic mass is 10.0. The molecule has 0 aromatic heterocycles. The van der Waals surface area contributed by atoms with Crippen LogP contribution in [0.1, 0.15) is 85.0 Å². The van der Waals surface area contributed by atoms with Crippen LogP contribution >= 0.6 is 0 Å². The lowest BCUT2D eigenvalue weighted by Gasteiger charge is -2.47. The predicted molar refractivity (Wildman–Crippen MR) is 103 cm³/mol. The van der Waals surface area contributed by atoms with E-state index < -0.39 is 18.1 Å². The molecule has 2 unspecified atom stereocenters. The third kappa shape index (κ3) is 9.41. The van der Waals surface area contributed by atoms with Crippen LogP contribution in [-0.4, -0.2) is 47.3 Å². The average Bonchev–Trinajstić information content (AvgIpc) is 2.59. The number of quaternary nitrogens is 1. The summed E-state index contributed by atoms with van der Waals surface area (Å²) in [5, 5.41) is 22.6. The van der Waals surface area contributed by atoms with Crippen LogP contribution in [0.4, 0.5) is 0 Å². The maximum absolute atomic E-state index is 11.9. The number of carbonyl (C=O) groups excluding carboxylic acids is 1. The quantitative estimate of drug-likeness (QED) is 0.247. The third-order valence-electron chi connectivity index (χ3n) is 5.18. The SMILES string of the molecule is C=CCCCCC(O)C[N+](CCCC)(CCCC)C(CCC)C(=O)[O-]. The van der Waals surface area contributed by atoms with Crippen molar-refractivity contribution in [3.63, 3.8) is 0 Å². The van der Waals surface area contributed by atoms with Gasteiger partial charge in [-0.05, 0) is 32.1 Å². The Labute approximate surface area is 155 Å². The van der Waals surface area contributed by atoms with Gasteiger partial charge in [-0.2, -0.15) is 0 Å². The molecule has 2 atom stereocenters. The molecule has 0 aliphatic carbocycles. The molecule has 0 amide bonds. The van der Waals surface area contributed by atoms with Crippen LogP contribution in [0.5, 0.6) is 0 Å². The summed E-state index contributed by atoms with van der Waals surface area (Å²) >= 11 is 0. The first-order chi connectivity index (χ1) is 12.0. The van der Waals surface area contributed by atoms with E-state index in [1.54, 1.807) is 0 Å². The first kappa shape index (κ1) is 24.1. The van der Waals surface area contributed by atoms with Crippen molar-refractivity contribution in [3.8, 4) is 0 Å². The molecule has 4 heteroatoms. The van der Waals surface area contributed by atoms with E-state index in [0.29, 0.717) is 17.4 Å². The highest BCUT2D eigenvalue weighted by Gasteiger charge is 2.38. The number of carboxylic acid groups (broad SMARTS) is 1. The van der Waals surface area contributed by atoms with E-state index in [2.05, 4.69) is 20.4 Å². The summed E-state index contributed by atoms with van der Waals surface area (Å²) in [7, 11) is 0. The number of allylic oxidation sites excluding steroid dienone is 1. The van der Waals surface area contributed by atoms with Gasteiger partial charge in [-0.15, -0.1) is 6.58 Å². The molecule has 0 aromatic rings. The zero-order chi connectivity index (χ0) is 19.1. The summed E-state index contributed by atoms with van der Waals surface area (Å²) < 4.78 is 0.487. The monoisotopic (exact) mass is 355 g/mol. The Kier molecular flexibility index (Phi) is 13.8. The Morgan fingerprint density at radius 3 is 2.08 bits per heavy atom. The van der Waals surface area contributed by atoms with Gasteiger partial charge >= 0.3 is 0 Å². The van der Waals surface area contributed by atoms with Crippen molar-refractivity contribution in [2.75, 3.05) is 19.6 Å². The number of aliphatic hydroxyl groups is 1. The van der Waals surface area contributed by atoms with Crippen LogP contribution in [0.15, 0.2) is 12.7 Å². The van der Waals surface area contributed by atoms with Crippen LogP contribution in [-0.2, 0) is 4.79 Å². The normalized spacial score (nSPS) is 14.2. The molecule has 0 fully saturated rings. The van der Waals surface area contributed by atoms with Gasteiger partial charge in [0.15, 0.2) is 0 Å². The molecule has 0 radical (unpaired) electrons. The van der Waals surface area contributed by atoms with Gasteiger partial charge in [0.2, 0.25) is 0 Å². The molecular weight excluding hydrogens is 314 g/mol. The number of aliphatic hydroxyl groups excluding tert-OH is 1. The van der Waals surface area contributed by atoms with Gasteiger partial charge in [-0.25, -0.2) is 0 Å². The van der Waals surface area contributed by atoms with Crippen molar-refractivity contribution >= 4 is 5.97 Å². The molecule has 0 bridgehead atoms. The largest absolute Gasteiger partial charge is 0.544 e. The van der Waals surface area contributed by atoms with Crippen LogP contribution in [0.2, 0.25) is 0 Å². The molecule has 4 nitrogen and oxygen atoms in total. The molecule has 148 valence electrons. The second-order valence-electron chi connectivity index (χ2n) is 7.41. The molecule has 25 heavy (non-hydrogen) atoms. The van der Waals surface area contributed by atoms with E-state index in [9.17, 15) is 15.0 Å². The Morgan fingerprint density at radius 1 is 1.04 bits per heavy atom. The Bertz CT molecular complexity index is 349. The topological polar surface area (TPSA) is 60.4 Å². The van der Waals surface area contributed by atoms with E-state index in [-0.39, 0.29) is 0 Å². The molecule has 0 aliphatic rings. The zero-order valence-electron chi connectivity index (χ0n) is 16.8. The Balaban J connectivity index is 5.26. The first-order valence-electron chi connectivity index (χ1n) is 10.3. The van der Waals surface area contributed by atoms with E-state index in [1.165, 1.54) is 0 Å². The zero-order valence-corrected chi connectivity index (χ0v) is 16.8. The highest BCUT2D eigenvalue weighted by atomic mass is 16.4. The fourth-order valence-corrected chi connectivity index (χ4v) is 3.75. The van der Waals surface area contributed by atoms with E-state index >= 15 is 0 Å². The molecule has 0 heterocycles. The van der Waals surface area contributed by atoms with Gasteiger partial charge in [0.1, 0.15) is 18.7 Å². The van der Waals surface area contributed by atoms with Crippen molar-refractivity contribution in [1.82, 2.24) is 0 Å². The lowest BCUT2D eigenvalue weighted by Crippen LogP contribution is -2.64. The van der Waals surface area contributed by atoms with Gasteiger partial charge in [-0.3, -0.25) is 0 Å². The number of carbonyl (C=O) groups is 1. The maximum Gasteiger partial charge on any atom is 0.129 e. The van der Waals surface area contributed by atoms with Crippen molar-refractivity contribution in [2.24, 2.45) is 0 Å². The fourth-order valence-electron chi connectivity index (χ4n) is 3.75. The van der Waals surface area contributed by atoms with E-state index in [0.717, 1.165) is 70.9 Å². The van der Waals surface area contributed by atoms with Crippen molar-refractivity contribution in [3.05, 3.63) is 12.7 Å². The lowest BCUT2D eigenvalue weighted by molar-refractivity contribution is -0.948. The van der Waals surface area contributed by atoms with Crippen molar-refractivity contribution in [1.29, 1.82) is 0 Å². The molecule has 0 rings (SSSR count). The number of rotatable bonds is 17. The average molecular weight is 356 g/mol.